The Morgan fingerprint density at radius 1 is 0.673 bits per heavy atom. The molecule has 7 atom stereocenters. The van der Waals surface area contributed by atoms with Gasteiger partial charge in [-0.1, -0.05) is 141 Å². The monoisotopic (exact) mass is 698 g/mol. The summed E-state index contributed by atoms with van der Waals surface area (Å²) < 4.78 is 11.1. The first kappa shape index (κ1) is 45.7. The van der Waals surface area contributed by atoms with Crippen LogP contribution in [-0.2, 0) is 14.3 Å². The first-order chi connectivity index (χ1) is 23.8. The summed E-state index contributed by atoms with van der Waals surface area (Å²) >= 11 is 0. The molecule has 9 nitrogen and oxygen atoms in total. The number of rotatable bonds is 32. The molecular formula is C40H75NO8. The highest BCUT2D eigenvalue weighted by Crippen LogP contribution is 2.22. The molecule has 0 aromatic heterocycles. The van der Waals surface area contributed by atoms with E-state index in [-0.39, 0.29) is 12.5 Å². The minimum absolute atomic E-state index is 0.189. The first-order valence-electron chi connectivity index (χ1n) is 20.1. The number of ether oxygens (including phenoxy) is 2. The zero-order chi connectivity index (χ0) is 36.0. The molecule has 9 heteroatoms. The van der Waals surface area contributed by atoms with E-state index in [2.05, 4.69) is 31.3 Å². The molecule has 0 radical (unpaired) electrons. The predicted octanol–water partition coefficient (Wildman–Crippen LogP) is 7.16. The van der Waals surface area contributed by atoms with Crippen molar-refractivity contribution in [1.29, 1.82) is 0 Å². The lowest BCUT2D eigenvalue weighted by Crippen LogP contribution is -2.60. The van der Waals surface area contributed by atoms with Crippen LogP contribution in [0, 0.1) is 0 Å². The van der Waals surface area contributed by atoms with E-state index in [1.54, 1.807) is 6.08 Å². The number of nitrogens with one attached hydrogen (secondary N) is 1. The maximum Gasteiger partial charge on any atom is 0.220 e. The summed E-state index contributed by atoms with van der Waals surface area (Å²) in [5, 5.41) is 53.9. The van der Waals surface area contributed by atoms with Crippen LogP contribution in [-0.4, -0.2) is 87.5 Å². The van der Waals surface area contributed by atoms with Gasteiger partial charge in [-0.05, 0) is 44.9 Å². The summed E-state index contributed by atoms with van der Waals surface area (Å²) in [6.07, 6.45) is 27.9. The fraction of sp³-hybridized carbons (Fsp3) is 0.875. The van der Waals surface area contributed by atoms with E-state index in [1.807, 2.05) is 6.08 Å². The highest BCUT2D eigenvalue weighted by atomic mass is 16.7. The first-order valence-corrected chi connectivity index (χ1v) is 20.1. The van der Waals surface area contributed by atoms with Crippen molar-refractivity contribution < 1.29 is 39.8 Å². The molecule has 1 aliphatic heterocycles. The molecule has 288 valence electrons. The molecule has 6 N–H and O–H groups in total. The fourth-order valence-corrected chi connectivity index (χ4v) is 6.21. The van der Waals surface area contributed by atoms with Gasteiger partial charge in [0.15, 0.2) is 6.29 Å². The maximum atomic E-state index is 12.9. The highest BCUT2D eigenvalue weighted by Gasteiger charge is 2.44. The van der Waals surface area contributed by atoms with Gasteiger partial charge in [0.2, 0.25) is 5.91 Å². The summed E-state index contributed by atoms with van der Waals surface area (Å²) in [7, 11) is 0. The van der Waals surface area contributed by atoms with Crippen molar-refractivity contribution in [2.45, 2.75) is 211 Å². The quantitative estimate of drug-likeness (QED) is 0.0320. The van der Waals surface area contributed by atoms with Crippen LogP contribution >= 0.6 is 0 Å². The Kier molecular flexibility index (Phi) is 29.3. The highest BCUT2D eigenvalue weighted by molar-refractivity contribution is 5.76. The molecule has 1 heterocycles. The van der Waals surface area contributed by atoms with E-state index < -0.39 is 49.5 Å². The van der Waals surface area contributed by atoms with Gasteiger partial charge in [-0.2, -0.15) is 0 Å². The Balaban J connectivity index is 2.43. The molecule has 0 spiro atoms. The van der Waals surface area contributed by atoms with Gasteiger partial charge >= 0.3 is 0 Å². The molecule has 1 fully saturated rings. The molecule has 1 aliphatic rings. The van der Waals surface area contributed by atoms with Gasteiger partial charge in [0, 0.05) is 6.42 Å². The normalized spacial score (nSPS) is 22.6. The van der Waals surface area contributed by atoms with Crippen LogP contribution < -0.4 is 5.32 Å². The summed E-state index contributed by atoms with van der Waals surface area (Å²) in [6, 6.07) is -0.803. The van der Waals surface area contributed by atoms with Crippen molar-refractivity contribution in [3.05, 3.63) is 24.3 Å². The number of carbonyl (C=O) groups excluding carboxylic acids is 1. The minimum atomic E-state index is -1.56. The standard InChI is InChI=1S/C40H75NO8/c1-3-5-7-9-11-13-15-16-17-18-20-22-24-26-28-30-36(44)41-33(32-48-40-39(47)38(46)37(45)35(31-42)49-40)34(43)29-27-25-23-21-19-14-12-10-8-6-4-2/h16-17,27,29,33-35,37-40,42-43,45-47H,3-15,18-26,28,30-32H2,1-2H3,(H,41,44)/b17-16-,29-27+. The van der Waals surface area contributed by atoms with Gasteiger partial charge < -0.3 is 40.3 Å². The number of hydrogen-bond acceptors (Lipinski definition) is 8. The Morgan fingerprint density at radius 2 is 1.14 bits per heavy atom. The van der Waals surface area contributed by atoms with Gasteiger partial charge in [0.25, 0.3) is 0 Å². The number of amides is 1. The van der Waals surface area contributed by atoms with Crippen molar-refractivity contribution in [3.63, 3.8) is 0 Å². The summed E-state index contributed by atoms with van der Waals surface area (Å²) in [5.41, 5.74) is 0. The predicted molar refractivity (Wildman–Crippen MR) is 198 cm³/mol. The Morgan fingerprint density at radius 3 is 1.65 bits per heavy atom. The zero-order valence-corrected chi connectivity index (χ0v) is 31.2. The van der Waals surface area contributed by atoms with Crippen LogP contribution in [0.5, 0.6) is 0 Å². The molecule has 49 heavy (non-hydrogen) atoms. The van der Waals surface area contributed by atoms with Gasteiger partial charge in [0.05, 0.1) is 25.4 Å². The Labute approximate surface area is 298 Å². The topological polar surface area (TPSA) is 149 Å². The SMILES string of the molecule is CCCCCCCC/C=C\CCCCCCCC(=O)NC(COC1OC(CO)C(O)C(O)C1O)C(O)/C=C/CCCCCCCCCCC. The van der Waals surface area contributed by atoms with Crippen molar-refractivity contribution in [2.75, 3.05) is 13.2 Å². The zero-order valence-electron chi connectivity index (χ0n) is 31.2. The molecule has 7 unspecified atom stereocenters. The third kappa shape index (κ3) is 23.0. The van der Waals surface area contributed by atoms with Crippen LogP contribution in [0.25, 0.3) is 0 Å². The van der Waals surface area contributed by atoms with Gasteiger partial charge in [-0.3, -0.25) is 4.79 Å². The van der Waals surface area contributed by atoms with E-state index in [4.69, 9.17) is 9.47 Å². The van der Waals surface area contributed by atoms with Crippen LogP contribution in [0.15, 0.2) is 24.3 Å². The molecule has 0 bridgehead atoms. The van der Waals surface area contributed by atoms with Crippen molar-refractivity contribution in [1.82, 2.24) is 5.32 Å². The number of aliphatic hydroxyl groups excluding tert-OH is 5. The second kappa shape index (κ2) is 31.4. The number of carbonyl (C=O) groups is 1. The fourth-order valence-electron chi connectivity index (χ4n) is 6.21. The second-order valence-corrected chi connectivity index (χ2v) is 14.1. The lowest BCUT2D eigenvalue weighted by Gasteiger charge is -2.40. The molecule has 1 saturated heterocycles. The third-order valence-corrected chi connectivity index (χ3v) is 9.52. The summed E-state index contributed by atoms with van der Waals surface area (Å²) in [5.74, 6) is -0.189. The molecule has 0 aliphatic carbocycles. The molecule has 0 aromatic rings. The van der Waals surface area contributed by atoms with Gasteiger partial charge in [-0.15, -0.1) is 0 Å². The smallest absolute Gasteiger partial charge is 0.220 e. The number of allylic oxidation sites excluding steroid dienone is 3. The van der Waals surface area contributed by atoms with Crippen LogP contribution in [0.3, 0.4) is 0 Å². The van der Waals surface area contributed by atoms with Crippen molar-refractivity contribution in [3.8, 4) is 0 Å². The van der Waals surface area contributed by atoms with Crippen LogP contribution in [0.4, 0.5) is 0 Å². The summed E-state index contributed by atoms with van der Waals surface area (Å²) in [6.45, 7) is 3.72. The molecule has 1 amide bonds. The Hall–Kier alpha value is -1.33. The summed E-state index contributed by atoms with van der Waals surface area (Å²) in [4.78, 5) is 12.9. The maximum absolute atomic E-state index is 12.9. The Bertz CT molecular complexity index is 822. The molecule has 0 saturated carbocycles. The number of hydrogen-bond donors (Lipinski definition) is 6. The van der Waals surface area contributed by atoms with E-state index in [9.17, 15) is 30.3 Å². The van der Waals surface area contributed by atoms with Gasteiger partial charge in [0.1, 0.15) is 24.4 Å². The lowest BCUT2D eigenvalue weighted by molar-refractivity contribution is -0.302. The van der Waals surface area contributed by atoms with E-state index in [1.165, 1.54) is 89.9 Å². The largest absolute Gasteiger partial charge is 0.394 e. The van der Waals surface area contributed by atoms with Crippen LogP contribution in [0.1, 0.15) is 168 Å². The third-order valence-electron chi connectivity index (χ3n) is 9.52. The molecule has 0 aromatic carbocycles. The van der Waals surface area contributed by atoms with Crippen molar-refractivity contribution >= 4 is 5.91 Å². The number of unbranched alkanes of at least 4 members (excludes halogenated alkanes) is 20. The molecule has 1 rings (SSSR count). The van der Waals surface area contributed by atoms with E-state index in [0.717, 1.165) is 57.8 Å². The second-order valence-electron chi connectivity index (χ2n) is 14.1. The average Bonchev–Trinajstić information content (AvgIpc) is 3.10. The number of aliphatic hydroxyl groups is 5. The average molecular weight is 698 g/mol. The van der Waals surface area contributed by atoms with Gasteiger partial charge in [-0.25, -0.2) is 0 Å². The van der Waals surface area contributed by atoms with Crippen LogP contribution in [0.2, 0.25) is 0 Å². The lowest BCUT2D eigenvalue weighted by atomic mass is 9.99. The van der Waals surface area contributed by atoms with Crippen molar-refractivity contribution in [2.24, 2.45) is 0 Å². The molecular weight excluding hydrogens is 622 g/mol. The van der Waals surface area contributed by atoms with E-state index >= 15 is 0 Å². The minimum Gasteiger partial charge on any atom is -0.394 e. The van der Waals surface area contributed by atoms with E-state index in [0.29, 0.717) is 6.42 Å².